The Hall–Kier alpha value is -0.380. The van der Waals surface area contributed by atoms with Crippen LogP contribution < -0.4 is 0 Å². The lowest BCUT2D eigenvalue weighted by Crippen LogP contribution is -2.39. The first-order valence-electron chi connectivity index (χ1n) is 5.25. The van der Waals surface area contributed by atoms with Crippen LogP contribution in [0, 0.1) is 0 Å². The third-order valence-electron chi connectivity index (χ3n) is 3.44. The Balaban J connectivity index is 2.05. The van der Waals surface area contributed by atoms with E-state index in [1.54, 1.807) is 0 Å². The predicted molar refractivity (Wildman–Crippen MR) is 60.9 cm³/mol. The van der Waals surface area contributed by atoms with Crippen molar-refractivity contribution in [2.45, 2.75) is 18.3 Å². The van der Waals surface area contributed by atoms with Crippen LogP contribution in [0.2, 0.25) is 0 Å². The smallest absolute Gasteiger partial charge is 0.146 e. The third-order valence-corrected chi connectivity index (χ3v) is 3.93. The Morgan fingerprint density at radius 3 is 2.80 bits per heavy atom. The van der Waals surface area contributed by atoms with Gasteiger partial charge in [0.25, 0.3) is 0 Å². The summed E-state index contributed by atoms with van der Waals surface area (Å²) in [6.07, 6.45) is 2.30. The first-order valence-corrected chi connectivity index (χ1v) is 6.04. The molecule has 1 heterocycles. The highest BCUT2D eigenvalue weighted by Gasteiger charge is 2.41. The van der Waals surface area contributed by atoms with Crippen LogP contribution in [-0.2, 0) is 21.3 Å². The molecule has 0 bridgehead atoms. The summed E-state index contributed by atoms with van der Waals surface area (Å²) >= 11 is 3.53. The molecular weight excluding hydrogens is 256 g/mol. The molecule has 1 fully saturated rings. The summed E-state index contributed by atoms with van der Waals surface area (Å²) in [5, 5.41) is 0. The molecule has 1 aliphatic carbocycles. The highest BCUT2D eigenvalue weighted by Crippen LogP contribution is 2.42. The lowest BCUT2D eigenvalue weighted by Gasteiger charge is -2.34. The molecule has 1 aromatic rings. The van der Waals surface area contributed by atoms with Gasteiger partial charge in [-0.25, -0.2) is 0 Å². The number of ether oxygens (including phenoxy) is 2. The van der Waals surface area contributed by atoms with Crippen LogP contribution in [0.25, 0.3) is 0 Å². The first-order chi connectivity index (χ1) is 7.30. The van der Waals surface area contributed by atoms with Crippen molar-refractivity contribution in [1.29, 1.82) is 0 Å². The molecule has 1 saturated heterocycles. The van der Waals surface area contributed by atoms with Gasteiger partial charge >= 0.3 is 0 Å². The van der Waals surface area contributed by atoms with E-state index >= 15 is 0 Å². The van der Waals surface area contributed by atoms with Gasteiger partial charge < -0.3 is 9.47 Å². The molecular formula is C12H13BrO2. The minimum Gasteiger partial charge on any atom is -0.354 e. The second-order valence-electron chi connectivity index (χ2n) is 4.40. The number of hydrogen-bond donors (Lipinski definition) is 0. The molecule has 0 amide bonds. The van der Waals surface area contributed by atoms with Crippen molar-refractivity contribution in [2.24, 2.45) is 0 Å². The van der Waals surface area contributed by atoms with Gasteiger partial charge in [0.2, 0.25) is 0 Å². The van der Waals surface area contributed by atoms with Crippen molar-refractivity contribution in [1.82, 2.24) is 0 Å². The molecule has 2 nitrogen and oxygen atoms in total. The normalized spacial score (nSPS) is 23.0. The van der Waals surface area contributed by atoms with E-state index in [2.05, 4.69) is 34.1 Å². The molecule has 15 heavy (non-hydrogen) atoms. The molecule has 0 radical (unpaired) electrons. The molecule has 3 heteroatoms. The molecule has 0 atom stereocenters. The van der Waals surface area contributed by atoms with Crippen molar-refractivity contribution in [3.05, 3.63) is 33.8 Å². The van der Waals surface area contributed by atoms with Crippen molar-refractivity contribution in [2.75, 3.05) is 20.0 Å². The van der Waals surface area contributed by atoms with Crippen molar-refractivity contribution in [3.63, 3.8) is 0 Å². The van der Waals surface area contributed by atoms with Crippen LogP contribution in [0.4, 0.5) is 0 Å². The van der Waals surface area contributed by atoms with Gasteiger partial charge in [-0.05, 0) is 36.1 Å². The summed E-state index contributed by atoms with van der Waals surface area (Å²) in [5.41, 5.74) is 2.99. The fourth-order valence-corrected chi connectivity index (χ4v) is 3.00. The molecule has 0 unspecified atom stereocenters. The maximum Gasteiger partial charge on any atom is 0.146 e. The predicted octanol–water partition coefficient (Wildman–Crippen LogP) is 2.64. The molecule has 80 valence electrons. The number of aryl methyl sites for hydroxylation is 1. The molecule has 0 saturated carbocycles. The Morgan fingerprint density at radius 2 is 2.00 bits per heavy atom. The maximum atomic E-state index is 5.47. The average Bonchev–Trinajstić information content (AvgIpc) is 2.59. The molecule has 1 aromatic carbocycles. The lowest BCUT2D eigenvalue weighted by molar-refractivity contribution is -0.137. The number of rotatable bonds is 0. The van der Waals surface area contributed by atoms with E-state index in [1.807, 2.05) is 0 Å². The monoisotopic (exact) mass is 268 g/mol. The molecule has 2 aliphatic rings. The number of benzene rings is 1. The Labute approximate surface area is 97.7 Å². The fourth-order valence-electron chi connectivity index (χ4n) is 2.64. The largest absolute Gasteiger partial charge is 0.354 e. The zero-order chi connectivity index (χ0) is 10.3. The summed E-state index contributed by atoms with van der Waals surface area (Å²) < 4.78 is 12.1. The van der Waals surface area contributed by atoms with Crippen LogP contribution >= 0.6 is 15.9 Å². The highest BCUT2D eigenvalue weighted by atomic mass is 79.9. The standard InChI is InChI=1S/C12H13BrO2/c13-10-2-1-9-3-4-12(11(9)5-10)6-14-8-15-7-12/h1-2,5H,3-4,6-8H2. The number of halogens is 1. The van der Waals surface area contributed by atoms with Gasteiger partial charge in [-0.2, -0.15) is 0 Å². The van der Waals surface area contributed by atoms with E-state index in [4.69, 9.17) is 9.47 Å². The van der Waals surface area contributed by atoms with Crippen LogP contribution in [0.3, 0.4) is 0 Å². The van der Waals surface area contributed by atoms with Gasteiger partial charge in [-0.1, -0.05) is 22.0 Å². The van der Waals surface area contributed by atoms with Gasteiger partial charge in [0.05, 0.1) is 13.2 Å². The summed E-state index contributed by atoms with van der Waals surface area (Å²) in [6, 6.07) is 6.55. The van der Waals surface area contributed by atoms with Crippen LogP contribution in [0.15, 0.2) is 22.7 Å². The van der Waals surface area contributed by atoms with E-state index in [9.17, 15) is 0 Å². The minimum absolute atomic E-state index is 0.122. The SMILES string of the molecule is Brc1ccc2c(c1)C1(CC2)COCOC1. The fraction of sp³-hybridized carbons (Fsp3) is 0.500. The zero-order valence-electron chi connectivity index (χ0n) is 8.46. The van der Waals surface area contributed by atoms with Gasteiger partial charge in [0, 0.05) is 9.89 Å². The zero-order valence-corrected chi connectivity index (χ0v) is 10.0. The van der Waals surface area contributed by atoms with Crippen LogP contribution in [0.5, 0.6) is 0 Å². The second-order valence-corrected chi connectivity index (χ2v) is 5.31. The Kier molecular flexibility index (Phi) is 2.34. The lowest BCUT2D eigenvalue weighted by atomic mass is 9.83. The van der Waals surface area contributed by atoms with E-state index < -0.39 is 0 Å². The molecule has 3 rings (SSSR count). The van der Waals surface area contributed by atoms with Crippen LogP contribution in [-0.4, -0.2) is 20.0 Å². The van der Waals surface area contributed by atoms with E-state index in [1.165, 1.54) is 11.1 Å². The van der Waals surface area contributed by atoms with E-state index in [-0.39, 0.29) is 5.41 Å². The summed E-state index contributed by atoms with van der Waals surface area (Å²) in [7, 11) is 0. The quantitative estimate of drug-likeness (QED) is 0.720. The van der Waals surface area contributed by atoms with Gasteiger partial charge in [0.1, 0.15) is 6.79 Å². The van der Waals surface area contributed by atoms with Crippen LogP contribution in [0.1, 0.15) is 17.5 Å². The number of fused-ring (bicyclic) bond motifs is 2. The van der Waals surface area contributed by atoms with Crippen molar-refractivity contribution < 1.29 is 9.47 Å². The molecule has 1 aliphatic heterocycles. The highest BCUT2D eigenvalue weighted by molar-refractivity contribution is 9.10. The van der Waals surface area contributed by atoms with Gasteiger partial charge in [-0.3, -0.25) is 0 Å². The molecule has 1 spiro atoms. The Morgan fingerprint density at radius 1 is 1.20 bits per heavy atom. The second kappa shape index (κ2) is 3.58. The molecule has 0 N–H and O–H groups in total. The van der Waals surface area contributed by atoms with Crippen molar-refractivity contribution in [3.8, 4) is 0 Å². The Bertz CT molecular complexity index is 378. The van der Waals surface area contributed by atoms with E-state index in [0.29, 0.717) is 6.79 Å². The van der Waals surface area contributed by atoms with E-state index in [0.717, 1.165) is 30.5 Å². The summed E-state index contributed by atoms with van der Waals surface area (Å²) in [5.74, 6) is 0. The number of hydrogen-bond acceptors (Lipinski definition) is 2. The average molecular weight is 269 g/mol. The first kappa shape index (κ1) is 9.82. The minimum atomic E-state index is 0.122. The topological polar surface area (TPSA) is 18.5 Å². The maximum absolute atomic E-state index is 5.47. The summed E-state index contributed by atoms with van der Waals surface area (Å²) in [6.45, 7) is 2.05. The molecule has 0 aromatic heterocycles. The third kappa shape index (κ3) is 1.53. The summed E-state index contributed by atoms with van der Waals surface area (Å²) in [4.78, 5) is 0. The van der Waals surface area contributed by atoms with Gasteiger partial charge in [-0.15, -0.1) is 0 Å². The van der Waals surface area contributed by atoms with Gasteiger partial charge in [0.15, 0.2) is 0 Å². The van der Waals surface area contributed by atoms with Crippen molar-refractivity contribution >= 4 is 15.9 Å².